The molecular weight excluding hydrogens is 488 g/mol. The number of epoxide rings is 1. The minimum atomic E-state index is -1.96. The monoisotopic (exact) mass is 524 g/mol. The second-order valence-corrected chi connectivity index (χ2v) is 11.4. The summed E-state index contributed by atoms with van der Waals surface area (Å²) in [7, 11) is 0. The van der Waals surface area contributed by atoms with E-state index in [9.17, 15) is 29.4 Å². The summed E-state index contributed by atoms with van der Waals surface area (Å²) in [5.74, 6) is -3.83. The van der Waals surface area contributed by atoms with Gasteiger partial charge in [0, 0.05) is 33.1 Å². The Bertz CT molecular complexity index is 1050. The Balaban J connectivity index is 2.03. The molecule has 2 N–H and O–H groups in total. The van der Waals surface area contributed by atoms with Crippen LogP contribution in [0.1, 0.15) is 67.7 Å². The predicted molar refractivity (Wildman–Crippen MR) is 125 cm³/mol. The molecule has 2 heterocycles. The van der Waals surface area contributed by atoms with Gasteiger partial charge in [-0.1, -0.05) is 12.5 Å². The molecular formula is C26H36O11. The highest BCUT2D eigenvalue weighted by Crippen LogP contribution is 2.66. The number of hydrogen-bond donors (Lipinski definition) is 2. The first kappa shape index (κ1) is 27.5. The fraction of sp³-hybridized carbons (Fsp3) is 0.769. The Kier molecular flexibility index (Phi) is 6.53. The van der Waals surface area contributed by atoms with Crippen LogP contribution in [0.15, 0.2) is 11.6 Å². The first-order valence-corrected chi connectivity index (χ1v) is 12.5. The lowest BCUT2D eigenvalue weighted by Gasteiger charge is -2.59. The summed E-state index contributed by atoms with van der Waals surface area (Å²) in [6.45, 7) is 10.1. The van der Waals surface area contributed by atoms with Gasteiger partial charge in [0.25, 0.3) is 0 Å². The van der Waals surface area contributed by atoms with Crippen molar-refractivity contribution in [3.63, 3.8) is 0 Å². The van der Waals surface area contributed by atoms with Gasteiger partial charge in [-0.15, -0.1) is 0 Å². The van der Waals surface area contributed by atoms with Crippen LogP contribution in [0.2, 0.25) is 0 Å². The summed E-state index contributed by atoms with van der Waals surface area (Å²) in [5, 5.41) is 23.0. The lowest BCUT2D eigenvalue weighted by molar-refractivity contribution is -0.274. The standard InChI is InChI=1S/C26H36O11/c1-12-8-9-17(33-13(2)27)23(5)18(34-14(3)28)11-16(30)24(6,32)20(23)21(35-15(4)29)26-19(10-12)36-22(31)25(26,7)37-26/h10,16-21,30,32H,8-9,11H2,1-7H3/b12-10-/t16-,17+,18+,19+,20-,21+,23+,24-,25+,26+/m1/s1. The molecule has 3 fully saturated rings. The molecule has 2 aliphatic carbocycles. The number of carbonyl (C=O) groups is 4. The molecule has 0 bridgehead atoms. The van der Waals surface area contributed by atoms with Gasteiger partial charge in [-0.3, -0.25) is 14.4 Å². The number of rotatable bonds is 3. The van der Waals surface area contributed by atoms with E-state index in [4.69, 9.17) is 23.7 Å². The van der Waals surface area contributed by atoms with Crippen molar-refractivity contribution < 1.29 is 53.1 Å². The minimum absolute atomic E-state index is 0.164. The van der Waals surface area contributed by atoms with Crippen molar-refractivity contribution in [3.8, 4) is 0 Å². The largest absolute Gasteiger partial charge is 0.462 e. The zero-order chi connectivity index (χ0) is 27.7. The molecule has 10 atom stereocenters. The van der Waals surface area contributed by atoms with Crippen LogP contribution in [0.4, 0.5) is 0 Å². The van der Waals surface area contributed by atoms with Gasteiger partial charge < -0.3 is 33.9 Å². The molecule has 11 nitrogen and oxygen atoms in total. The first-order chi connectivity index (χ1) is 17.0. The first-order valence-electron chi connectivity index (χ1n) is 12.5. The smallest absolute Gasteiger partial charge is 0.342 e. The summed E-state index contributed by atoms with van der Waals surface area (Å²) < 4.78 is 29.2. The molecule has 4 rings (SSSR count). The number of fused-ring (bicyclic) bond motifs is 1. The molecule has 0 aromatic heterocycles. The van der Waals surface area contributed by atoms with Gasteiger partial charge in [0.05, 0.1) is 17.1 Å². The summed E-state index contributed by atoms with van der Waals surface area (Å²) in [6, 6.07) is 0. The van der Waals surface area contributed by atoms with Gasteiger partial charge in [-0.05, 0) is 39.7 Å². The summed E-state index contributed by atoms with van der Waals surface area (Å²) >= 11 is 0. The van der Waals surface area contributed by atoms with Crippen molar-refractivity contribution in [3.05, 3.63) is 11.6 Å². The molecule has 4 aliphatic rings. The van der Waals surface area contributed by atoms with E-state index in [2.05, 4.69) is 0 Å². The molecule has 1 spiro atoms. The van der Waals surface area contributed by atoms with Crippen molar-refractivity contribution in [1.82, 2.24) is 0 Å². The third-order valence-electron chi connectivity index (χ3n) is 8.79. The summed E-state index contributed by atoms with van der Waals surface area (Å²) in [5.41, 5.74) is -5.58. The Morgan fingerprint density at radius 3 is 2.11 bits per heavy atom. The van der Waals surface area contributed by atoms with Crippen LogP contribution in [0.5, 0.6) is 0 Å². The number of allylic oxidation sites excluding steroid dienone is 1. The molecule has 0 unspecified atom stereocenters. The molecule has 2 saturated heterocycles. The number of esters is 4. The van der Waals surface area contributed by atoms with E-state index in [1.165, 1.54) is 34.6 Å². The summed E-state index contributed by atoms with van der Waals surface area (Å²) in [4.78, 5) is 50.0. The molecule has 37 heavy (non-hydrogen) atoms. The lowest BCUT2D eigenvalue weighted by Crippen LogP contribution is -2.72. The fourth-order valence-electron chi connectivity index (χ4n) is 6.94. The van der Waals surface area contributed by atoms with Gasteiger partial charge >= 0.3 is 23.9 Å². The molecule has 1 saturated carbocycles. The maximum absolute atomic E-state index is 13.0. The van der Waals surface area contributed by atoms with Gasteiger partial charge in [-0.25, -0.2) is 4.79 Å². The van der Waals surface area contributed by atoms with E-state index < -0.39 is 82.5 Å². The van der Waals surface area contributed by atoms with Crippen molar-refractivity contribution >= 4 is 23.9 Å². The van der Waals surface area contributed by atoms with Crippen molar-refractivity contribution in [1.29, 1.82) is 0 Å². The Hall–Kier alpha value is -2.50. The fourth-order valence-corrected chi connectivity index (χ4v) is 6.94. The van der Waals surface area contributed by atoms with E-state index >= 15 is 0 Å². The number of aliphatic hydroxyl groups excluding tert-OH is 1. The zero-order valence-electron chi connectivity index (χ0n) is 22.2. The number of aliphatic hydroxyl groups is 2. The maximum Gasteiger partial charge on any atom is 0.342 e. The van der Waals surface area contributed by atoms with Crippen molar-refractivity contribution in [2.24, 2.45) is 11.3 Å². The van der Waals surface area contributed by atoms with Crippen LogP contribution in [-0.2, 0) is 42.9 Å². The second-order valence-electron chi connectivity index (χ2n) is 11.4. The molecule has 0 aromatic carbocycles. The average Bonchev–Trinajstić information content (AvgIpc) is 3.34. The Labute approximate surface area is 215 Å². The molecule has 0 radical (unpaired) electrons. The molecule has 11 heteroatoms. The van der Waals surface area contributed by atoms with Crippen LogP contribution in [0.25, 0.3) is 0 Å². The van der Waals surface area contributed by atoms with Gasteiger partial charge in [0.1, 0.15) is 18.3 Å². The van der Waals surface area contributed by atoms with Crippen LogP contribution >= 0.6 is 0 Å². The van der Waals surface area contributed by atoms with Gasteiger partial charge in [-0.2, -0.15) is 0 Å². The third-order valence-corrected chi connectivity index (χ3v) is 8.79. The topological polar surface area (TPSA) is 158 Å². The maximum atomic E-state index is 13.0. The zero-order valence-corrected chi connectivity index (χ0v) is 22.2. The van der Waals surface area contributed by atoms with Crippen LogP contribution in [0, 0.1) is 11.3 Å². The van der Waals surface area contributed by atoms with Crippen molar-refractivity contribution in [2.45, 2.75) is 115 Å². The van der Waals surface area contributed by atoms with E-state index in [0.717, 1.165) is 5.57 Å². The lowest BCUT2D eigenvalue weighted by atomic mass is 9.51. The molecule has 2 aliphatic heterocycles. The quantitative estimate of drug-likeness (QED) is 0.236. The van der Waals surface area contributed by atoms with Crippen LogP contribution in [0.3, 0.4) is 0 Å². The second kappa shape index (κ2) is 8.78. The Morgan fingerprint density at radius 2 is 1.57 bits per heavy atom. The van der Waals surface area contributed by atoms with E-state index in [0.29, 0.717) is 6.42 Å². The van der Waals surface area contributed by atoms with Crippen LogP contribution in [-0.4, -0.2) is 81.4 Å². The third kappa shape index (κ3) is 3.97. The normalized spacial score (nSPS) is 48.1. The van der Waals surface area contributed by atoms with Crippen molar-refractivity contribution in [2.75, 3.05) is 0 Å². The number of ether oxygens (including phenoxy) is 5. The predicted octanol–water partition coefficient (Wildman–Crippen LogP) is 1.11. The Morgan fingerprint density at radius 1 is 1.00 bits per heavy atom. The SMILES string of the molecule is CC(=O)O[C@H]1CC/C(C)=C\[C@@H]2OC(=O)[C@]3(C)O[C@]23[C@@H](OC(C)=O)[C@H]2[C@](C)(O)[C@H](O)C[C@H](OC(C)=O)[C@]12C. The van der Waals surface area contributed by atoms with E-state index in [1.807, 2.05) is 6.92 Å². The number of carbonyl (C=O) groups excluding carboxylic acids is 4. The highest BCUT2D eigenvalue weighted by molar-refractivity contribution is 5.89. The van der Waals surface area contributed by atoms with Crippen LogP contribution < -0.4 is 0 Å². The van der Waals surface area contributed by atoms with Gasteiger partial charge in [0.2, 0.25) is 0 Å². The highest BCUT2D eigenvalue weighted by atomic mass is 16.7. The molecule has 0 aromatic rings. The minimum Gasteiger partial charge on any atom is -0.462 e. The van der Waals surface area contributed by atoms with E-state index in [-0.39, 0.29) is 12.8 Å². The van der Waals surface area contributed by atoms with E-state index in [1.54, 1.807) is 13.0 Å². The average molecular weight is 525 g/mol. The molecule has 0 amide bonds. The summed E-state index contributed by atoms with van der Waals surface area (Å²) in [6.07, 6.45) is -3.49. The molecule has 206 valence electrons. The number of hydrogen-bond acceptors (Lipinski definition) is 11. The highest BCUT2D eigenvalue weighted by Gasteiger charge is 2.88. The van der Waals surface area contributed by atoms with Gasteiger partial charge in [0.15, 0.2) is 17.3 Å².